The monoisotopic (exact) mass is 315 g/mol. The first-order valence-electron chi connectivity index (χ1n) is 8.01. The van der Waals surface area contributed by atoms with Gasteiger partial charge in [-0.05, 0) is 38.0 Å². The maximum absolute atomic E-state index is 11.9. The zero-order valence-corrected chi connectivity index (χ0v) is 13.2. The van der Waals surface area contributed by atoms with Gasteiger partial charge in [-0.25, -0.2) is 13.2 Å². The van der Waals surface area contributed by atoms with Gasteiger partial charge in [-0.3, -0.25) is 0 Å². The smallest absolute Gasteiger partial charge is 0.315 e. The van der Waals surface area contributed by atoms with Gasteiger partial charge in [0.15, 0.2) is 9.84 Å². The SMILES string of the molecule is O=C(NC[C@H]1CCS(=O)(=O)C1)NC1CCN(C2CC2)CC1. The highest BCUT2D eigenvalue weighted by Crippen LogP contribution is 2.29. The molecule has 0 bridgehead atoms. The van der Waals surface area contributed by atoms with E-state index in [0.29, 0.717) is 13.0 Å². The van der Waals surface area contributed by atoms with Crippen molar-refractivity contribution in [3.8, 4) is 0 Å². The van der Waals surface area contributed by atoms with E-state index in [1.54, 1.807) is 0 Å². The fourth-order valence-corrected chi connectivity index (χ4v) is 5.22. The van der Waals surface area contributed by atoms with Crippen LogP contribution in [0.2, 0.25) is 0 Å². The highest BCUT2D eigenvalue weighted by molar-refractivity contribution is 7.91. The number of piperidine rings is 1. The molecule has 2 heterocycles. The van der Waals surface area contributed by atoms with Crippen LogP contribution in [0.3, 0.4) is 0 Å². The third-order valence-electron chi connectivity index (χ3n) is 4.81. The quantitative estimate of drug-likeness (QED) is 0.784. The first kappa shape index (κ1) is 15.1. The highest BCUT2D eigenvalue weighted by atomic mass is 32.2. The molecule has 1 atom stereocenters. The first-order valence-corrected chi connectivity index (χ1v) is 9.83. The van der Waals surface area contributed by atoms with Crippen LogP contribution in [-0.2, 0) is 9.84 Å². The molecule has 120 valence electrons. The Kier molecular flexibility index (Phi) is 4.40. The van der Waals surface area contributed by atoms with E-state index >= 15 is 0 Å². The Hall–Kier alpha value is -0.820. The van der Waals surface area contributed by atoms with Crippen LogP contribution in [0.1, 0.15) is 32.1 Å². The van der Waals surface area contributed by atoms with Crippen molar-refractivity contribution < 1.29 is 13.2 Å². The van der Waals surface area contributed by atoms with E-state index in [4.69, 9.17) is 0 Å². The Labute approximate surface area is 126 Å². The Morgan fingerprint density at radius 1 is 1.10 bits per heavy atom. The van der Waals surface area contributed by atoms with Gasteiger partial charge in [0, 0.05) is 31.7 Å². The number of amides is 2. The average molecular weight is 315 g/mol. The number of hydrogen-bond acceptors (Lipinski definition) is 4. The molecule has 21 heavy (non-hydrogen) atoms. The number of nitrogens with one attached hydrogen (secondary N) is 2. The number of rotatable bonds is 4. The zero-order valence-electron chi connectivity index (χ0n) is 12.4. The molecule has 0 unspecified atom stereocenters. The molecule has 0 radical (unpaired) electrons. The van der Waals surface area contributed by atoms with Crippen molar-refractivity contribution in [1.29, 1.82) is 0 Å². The van der Waals surface area contributed by atoms with Crippen LogP contribution in [-0.4, -0.2) is 62.6 Å². The summed E-state index contributed by atoms with van der Waals surface area (Å²) in [6.07, 6.45) is 5.37. The van der Waals surface area contributed by atoms with Gasteiger partial charge in [0.05, 0.1) is 11.5 Å². The topological polar surface area (TPSA) is 78.5 Å². The van der Waals surface area contributed by atoms with Crippen molar-refractivity contribution in [2.24, 2.45) is 5.92 Å². The van der Waals surface area contributed by atoms with E-state index in [0.717, 1.165) is 32.0 Å². The lowest BCUT2D eigenvalue weighted by atomic mass is 10.1. The number of sulfone groups is 1. The van der Waals surface area contributed by atoms with Crippen LogP contribution in [0, 0.1) is 5.92 Å². The predicted molar refractivity (Wildman–Crippen MR) is 80.9 cm³/mol. The summed E-state index contributed by atoms with van der Waals surface area (Å²) in [5.41, 5.74) is 0. The Morgan fingerprint density at radius 3 is 2.38 bits per heavy atom. The maximum Gasteiger partial charge on any atom is 0.315 e. The fourth-order valence-electron chi connectivity index (χ4n) is 3.36. The second-order valence-corrected chi connectivity index (χ2v) is 8.89. The minimum Gasteiger partial charge on any atom is -0.338 e. The predicted octanol–water partition coefficient (Wildman–Crippen LogP) is 0.347. The van der Waals surface area contributed by atoms with Crippen molar-refractivity contribution in [2.75, 3.05) is 31.1 Å². The molecule has 2 saturated heterocycles. The molecule has 6 nitrogen and oxygen atoms in total. The summed E-state index contributed by atoms with van der Waals surface area (Å²) in [6, 6.07) is 0.917. The van der Waals surface area contributed by atoms with Gasteiger partial charge in [-0.1, -0.05) is 0 Å². The number of carbonyl (C=O) groups excluding carboxylic acids is 1. The molecule has 3 fully saturated rings. The summed E-state index contributed by atoms with van der Waals surface area (Å²) in [5.74, 6) is 0.561. The Bertz CT molecular complexity index is 482. The minimum atomic E-state index is -2.86. The van der Waals surface area contributed by atoms with Crippen molar-refractivity contribution in [1.82, 2.24) is 15.5 Å². The first-order chi connectivity index (χ1) is 10.0. The van der Waals surface area contributed by atoms with Gasteiger partial charge in [0.25, 0.3) is 0 Å². The van der Waals surface area contributed by atoms with Gasteiger partial charge in [0.1, 0.15) is 0 Å². The lowest BCUT2D eigenvalue weighted by molar-refractivity contribution is 0.185. The fraction of sp³-hybridized carbons (Fsp3) is 0.929. The summed E-state index contributed by atoms with van der Waals surface area (Å²) >= 11 is 0. The Morgan fingerprint density at radius 2 is 1.81 bits per heavy atom. The van der Waals surface area contributed by atoms with E-state index in [1.807, 2.05) is 0 Å². The molecule has 1 aliphatic carbocycles. The summed E-state index contributed by atoms with van der Waals surface area (Å²) in [7, 11) is -2.86. The van der Waals surface area contributed by atoms with E-state index in [2.05, 4.69) is 15.5 Å². The molecule has 0 aromatic rings. The van der Waals surface area contributed by atoms with E-state index in [9.17, 15) is 13.2 Å². The van der Waals surface area contributed by atoms with E-state index < -0.39 is 9.84 Å². The van der Waals surface area contributed by atoms with Crippen LogP contribution < -0.4 is 10.6 Å². The van der Waals surface area contributed by atoms with Crippen LogP contribution in [0.15, 0.2) is 0 Å². The minimum absolute atomic E-state index is 0.0810. The van der Waals surface area contributed by atoms with Gasteiger partial charge in [-0.2, -0.15) is 0 Å². The molecular formula is C14H25N3O3S. The van der Waals surface area contributed by atoms with Crippen molar-refractivity contribution in [3.05, 3.63) is 0 Å². The molecule has 0 aromatic heterocycles. The molecular weight excluding hydrogens is 290 g/mol. The number of carbonyl (C=O) groups is 1. The van der Waals surface area contributed by atoms with Crippen LogP contribution in [0.25, 0.3) is 0 Å². The third kappa shape index (κ3) is 4.32. The zero-order chi connectivity index (χ0) is 14.9. The third-order valence-corrected chi connectivity index (χ3v) is 6.64. The van der Waals surface area contributed by atoms with Crippen LogP contribution >= 0.6 is 0 Å². The standard InChI is InChI=1S/C14H25N3O3S/c18-14(15-9-11-5-8-21(19,20)10-11)16-12-3-6-17(7-4-12)13-1-2-13/h11-13H,1-10H2,(H2,15,16,18)/t11-/m1/s1. The van der Waals surface area contributed by atoms with Crippen molar-refractivity contribution in [3.63, 3.8) is 0 Å². The number of hydrogen-bond donors (Lipinski definition) is 2. The second kappa shape index (κ2) is 6.12. The Balaban J connectivity index is 1.33. The van der Waals surface area contributed by atoms with Gasteiger partial charge in [-0.15, -0.1) is 0 Å². The lowest BCUT2D eigenvalue weighted by Gasteiger charge is -2.32. The number of nitrogens with zero attached hydrogens (tertiary/aromatic N) is 1. The number of likely N-dealkylation sites (tertiary alicyclic amines) is 1. The molecule has 0 aromatic carbocycles. The molecule has 7 heteroatoms. The molecule has 2 N–H and O–H groups in total. The van der Waals surface area contributed by atoms with Crippen LogP contribution in [0.4, 0.5) is 4.79 Å². The number of urea groups is 1. The lowest BCUT2D eigenvalue weighted by Crippen LogP contribution is -2.49. The average Bonchev–Trinajstić information content (AvgIpc) is 3.22. The second-order valence-electron chi connectivity index (χ2n) is 6.66. The van der Waals surface area contributed by atoms with Gasteiger partial charge >= 0.3 is 6.03 Å². The van der Waals surface area contributed by atoms with Crippen molar-refractivity contribution >= 4 is 15.9 Å². The maximum atomic E-state index is 11.9. The molecule has 0 spiro atoms. The molecule has 3 rings (SSSR count). The molecule has 1 saturated carbocycles. The summed E-state index contributed by atoms with van der Waals surface area (Å²) in [4.78, 5) is 14.4. The normalized spacial score (nSPS) is 30.2. The van der Waals surface area contributed by atoms with E-state index in [-0.39, 0.29) is 29.5 Å². The molecule has 3 aliphatic rings. The van der Waals surface area contributed by atoms with Gasteiger partial charge in [0.2, 0.25) is 0 Å². The van der Waals surface area contributed by atoms with Crippen molar-refractivity contribution in [2.45, 2.75) is 44.2 Å². The molecule has 2 amide bonds. The van der Waals surface area contributed by atoms with Gasteiger partial charge < -0.3 is 15.5 Å². The largest absolute Gasteiger partial charge is 0.338 e. The van der Waals surface area contributed by atoms with Crippen LogP contribution in [0.5, 0.6) is 0 Å². The molecule has 2 aliphatic heterocycles. The summed E-state index contributed by atoms with van der Waals surface area (Å²) in [5, 5.41) is 5.85. The summed E-state index contributed by atoms with van der Waals surface area (Å²) < 4.78 is 22.7. The van der Waals surface area contributed by atoms with E-state index in [1.165, 1.54) is 12.8 Å². The summed E-state index contributed by atoms with van der Waals surface area (Å²) in [6.45, 7) is 2.62. The highest BCUT2D eigenvalue weighted by Gasteiger charge is 2.32.